The maximum absolute atomic E-state index is 5.32. The summed E-state index contributed by atoms with van der Waals surface area (Å²) < 4.78 is 5.29. The molecular weight excluding hydrogens is 166 g/mol. The molecule has 2 rings (SSSR count). The van der Waals surface area contributed by atoms with Crippen LogP contribution >= 0.6 is 0 Å². The Morgan fingerprint density at radius 3 is 2.85 bits per heavy atom. The number of rotatable bonds is 3. The van der Waals surface area contributed by atoms with Gasteiger partial charge in [-0.25, -0.2) is 4.84 Å². The SMILES string of the molecule is c1ccc(NOC2CCCO2)cc1. The van der Waals surface area contributed by atoms with Crippen molar-refractivity contribution in [1.29, 1.82) is 0 Å². The summed E-state index contributed by atoms with van der Waals surface area (Å²) in [6.07, 6.45) is 1.97. The first-order chi connectivity index (χ1) is 6.45. The Balaban J connectivity index is 1.79. The van der Waals surface area contributed by atoms with Gasteiger partial charge in [-0.05, 0) is 18.6 Å². The second kappa shape index (κ2) is 4.25. The number of hydrogen-bond donors (Lipinski definition) is 1. The predicted molar refractivity (Wildman–Crippen MR) is 50.1 cm³/mol. The summed E-state index contributed by atoms with van der Waals surface area (Å²) >= 11 is 0. The Kier molecular flexibility index (Phi) is 2.79. The van der Waals surface area contributed by atoms with E-state index in [0.717, 1.165) is 25.1 Å². The molecule has 1 aromatic carbocycles. The summed E-state index contributed by atoms with van der Waals surface area (Å²) in [6, 6.07) is 9.80. The van der Waals surface area contributed by atoms with Gasteiger partial charge in [-0.1, -0.05) is 18.2 Å². The molecule has 1 aromatic rings. The van der Waals surface area contributed by atoms with E-state index in [1.54, 1.807) is 0 Å². The van der Waals surface area contributed by atoms with Crippen LogP contribution in [0.5, 0.6) is 0 Å². The van der Waals surface area contributed by atoms with Crippen molar-refractivity contribution in [2.75, 3.05) is 12.1 Å². The molecule has 1 aliphatic heterocycles. The molecule has 0 radical (unpaired) electrons. The van der Waals surface area contributed by atoms with Crippen LogP contribution < -0.4 is 5.48 Å². The Morgan fingerprint density at radius 1 is 1.31 bits per heavy atom. The third-order valence-electron chi connectivity index (χ3n) is 1.97. The van der Waals surface area contributed by atoms with Gasteiger partial charge in [-0.15, -0.1) is 0 Å². The van der Waals surface area contributed by atoms with Crippen molar-refractivity contribution in [3.05, 3.63) is 30.3 Å². The second-order valence-corrected chi connectivity index (χ2v) is 3.03. The molecule has 70 valence electrons. The van der Waals surface area contributed by atoms with Gasteiger partial charge < -0.3 is 4.74 Å². The average molecular weight is 179 g/mol. The number of anilines is 1. The lowest BCUT2D eigenvalue weighted by molar-refractivity contribution is -0.0887. The van der Waals surface area contributed by atoms with E-state index in [1.807, 2.05) is 30.3 Å². The minimum Gasteiger partial charge on any atom is -0.350 e. The number of hydrogen-bond acceptors (Lipinski definition) is 3. The van der Waals surface area contributed by atoms with Crippen molar-refractivity contribution >= 4 is 5.69 Å². The largest absolute Gasteiger partial charge is 0.350 e. The van der Waals surface area contributed by atoms with E-state index in [4.69, 9.17) is 9.57 Å². The molecule has 1 heterocycles. The molecule has 1 unspecified atom stereocenters. The van der Waals surface area contributed by atoms with Gasteiger partial charge in [-0.2, -0.15) is 0 Å². The lowest BCUT2D eigenvalue weighted by Gasteiger charge is -2.11. The minimum atomic E-state index is -0.0831. The molecule has 1 fully saturated rings. The Bertz CT molecular complexity index is 244. The van der Waals surface area contributed by atoms with Crippen LogP contribution in [0.2, 0.25) is 0 Å². The number of nitrogens with one attached hydrogen (secondary N) is 1. The molecule has 1 aliphatic rings. The molecule has 0 saturated carbocycles. The van der Waals surface area contributed by atoms with Crippen LogP contribution in [0.3, 0.4) is 0 Å². The molecule has 0 bridgehead atoms. The molecule has 0 spiro atoms. The lowest BCUT2D eigenvalue weighted by atomic mass is 10.3. The van der Waals surface area contributed by atoms with E-state index in [9.17, 15) is 0 Å². The highest BCUT2D eigenvalue weighted by Gasteiger charge is 2.15. The van der Waals surface area contributed by atoms with Gasteiger partial charge in [0.05, 0.1) is 12.3 Å². The van der Waals surface area contributed by atoms with Gasteiger partial charge in [0.1, 0.15) is 0 Å². The molecule has 3 nitrogen and oxygen atoms in total. The Morgan fingerprint density at radius 2 is 2.15 bits per heavy atom. The van der Waals surface area contributed by atoms with Gasteiger partial charge >= 0.3 is 0 Å². The fourth-order valence-corrected chi connectivity index (χ4v) is 1.28. The Labute approximate surface area is 77.6 Å². The van der Waals surface area contributed by atoms with Crippen LogP contribution in [0.4, 0.5) is 5.69 Å². The fraction of sp³-hybridized carbons (Fsp3) is 0.400. The number of ether oxygens (including phenoxy) is 1. The van der Waals surface area contributed by atoms with E-state index < -0.39 is 0 Å². The highest BCUT2D eigenvalue weighted by atomic mass is 16.8. The number of benzene rings is 1. The molecule has 1 atom stereocenters. The van der Waals surface area contributed by atoms with Crippen molar-refractivity contribution in [2.45, 2.75) is 19.1 Å². The zero-order valence-electron chi connectivity index (χ0n) is 7.40. The lowest BCUT2D eigenvalue weighted by Crippen LogP contribution is -2.14. The third-order valence-corrected chi connectivity index (χ3v) is 1.97. The Hall–Kier alpha value is -1.06. The first kappa shape index (κ1) is 8.53. The molecule has 3 heteroatoms. The van der Waals surface area contributed by atoms with Gasteiger partial charge in [0.15, 0.2) is 6.29 Å². The smallest absolute Gasteiger partial charge is 0.183 e. The first-order valence-electron chi connectivity index (χ1n) is 4.53. The van der Waals surface area contributed by atoms with Gasteiger partial charge in [-0.3, -0.25) is 5.48 Å². The molecule has 13 heavy (non-hydrogen) atoms. The molecule has 1 saturated heterocycles. The molecular formula is C10H13NO2. The van der Waals surface area contributed by atoms with E-state index in [-0.39, 0.29) is 6.29 Å². The maximum atomic E-state index is 5.32. The van der Waals surface area contributed by atoms with Crippen LogP contribution in [-0.2, 0) is 9.57 Å². The van der Waals surface area contributed by atoms with Crippen molar-refractivity contribution in [1.82, 2.24) is 0 Å². The van der Waals surface area contributed by atoms with E-state index >= 15 is 0 Å². The van der Waals surface area contributed by atoms with Crippen LogP contribution in [0.1, 0.15) is 12.8 Å². The third kappa shape index (κ3) is 2.44. The van der Waals surface area contributed by atoms with Crippen molar-refractivity contribution in [3.8, 4) is 0 Å². The van der Waals surface area contributed by atoms with Gasteiger partial charge in [0.25, 0.3) is 0 Å². The average Bonchev–Trinajstić information content (AvgIpc) is 2.69. The van der Waals surface area contributed by atoms with Crippen molar-refractivity contribution < 1.29 is 9.57 Å². The summed E-state index contributed by atoms with van der Waals surface area (Å²) in [5.41, 5.74) is 3.82. The second-order valence-electron chi connectivity index (χ2n) is 3.03. The van der Waals surface area contributed by atoms with Crippen LogP contribution in [0, 0.1) is 0 Å². The van der Waals surface area contributed by atoms with E-state index in [1.165, 1.54) is 0 Å². The topological polar surface area (TPSA) is 30.5 Å². The standard InChI is InChI=1S/C10H13NO2/c1-2-5-9(6-3-1)11-13-10-7-4-8-12-10/h1-3,5-6,10-11H,4,7-8H2. The van der Waals surface area contributed by atoms with E-state index in [2.05, 4.69) is 5.48 Å². The normalized spacial score (nSPS) is 21.7. The highest BCUT2D eigenvalue weighted by molar-refractivity contribution is 5.39. The minimum absolute atomic E-state index is 0.0831. The quantitative estimate of drug-likeness (QED) is 0.721. The number of para-hydroxylation sites is 1. The molecule has 0 aromatic heterocycles. The summed E-state index contributed by atoms with van der Waals surface area (Å²) in [5.74, 6) is 0. The van der Waals surface area contributed by atoms with Crippen LogP contribution in [0.25, 0.3) is 0 Å². The van der Waals surface area contributed by atoms with Gasteiger partial charge in [0.2, 0.25) is 0 Å². The van der Waals surface area contributed by atoms with E-state index in [0.29, 0.717) is 0 Å². The summed E-state index contributed by atoms with van der Waals surface area (Å²) in [5, 5.41) is 0. The maximum Gasteiger partial charge on any atom is 0.183 e. The highest BCUT2D eigenvalue weighted by Crippen LogP contribution is 2.14. The molecule has 1 N–H and O–H groups in total. The monoisotopic (exact) mass is 179 g/mol. The van der Waals surface area contributed by atoms with Crippen LogP contribution in [0.15, 0.2) is 30.3 Å². The van der Waals surface area contributed by atoms with Crippen molar-refractivity contribution in [3.63, 3.8) is 0 Å². The zero-order chi connectivity index (χ0) is 8.93. The zero-order valence-corrected chi connectivity index (χ0v) is 7.40. The predicted octanol–water partition coefficient (Wildman–Crippen LogP) is 2.17. The van der Waals surface area contributed by atoms with Gasteiger partial charge in [0, 0.05) is 6.42 Å². The van der Waals surface area contributed by atoms with Crippen molar-refractivity contribution in [2.24, 2.45) is 0 Å². The summed E-state index contributed by atoms with van der Waals surface area (Å²) in [4.78, 5) is 5.32. The summed E-state index contributed by atoms with van der Waals surface area (Å²) in [6.45, 7) is 0.807. The molecule has 0 aliphatic carbocycles. The fourth-order valence-electron chi connectivity index (χ4n) is 1.28. The molecule has 0 amide bonds. The summed E-state index contributed by atoms with van der Waals surface area (Å²) in [7, 11) is 0. The van der Waals surface area contributed by atoms with Crippen LogP contribution in [-0.4, -0.2) is 12.9 Å². The first-order valence-corrected chi connectivity index (χ1v) is 4.53.